The summed E-state index contributed by atoms with van der Waals surface area (Å²) in [7, 11) is 0. The summed E-state index contributed by atoms with van der Waals surface area (Å²) in [4.78, 5) is 2.61. The zero-order valence-electron chi connectivity index (χ0n) is 12.2. The summed E-state index contributed by atoms with van der Waals surface area (Å²) in [5.74, 6) is 0.565. The predicted octanol–water partition coefficient (Wildman–Crippen LogP) is 3.58. The van der Waals surface area contributed by atoms with E-state index in [0.29, 0.717) is 5.92 Å². The third-order valence-electron chi connectivity index (χ3n) is 5.09. The van der Waals surface area contributed by atoms with Gasteiger partial charge in [0.2, 0.25) is 0 Å². The fraction of sp³-hybridized carbons (Fsp3) is 1.00. The third kappa shape index (κ3) is 3.71. The lowest BCUT2D eigenvalue weighted by atomic mass is 9.71. The molecule has 0 aromatic rings. The molecule has 2 atom stereocenters. The Bertz CT molecular complexity index is 243. The first kappa shape index (κ1) is 14.3. The molecule has 1 N–H and O–H groups in total. The number of rotatable bonds is 6. The van der Waals surface area contributed by atoms with E-state index in [1.807, 2.05) is 0 Å². The minimum atomic E-state index is -0.295. The summed E-state index contributed by atoms with van der Waals surface area (Å²) < 4.78 is 0. The molecule has 18 heavy (non-hydrogen) atoms. The van der Waals surface area contributed by atoms with E-state index >= 15 is 0 Å². The van der Waals surface area contributed by atoms with Gasteiger partial charge in [-0.2, -0.15) is 0 Å². The molecule has 0 radical (unpaired) electrons. The predicted molar refractivity (Wildman–Crippen MR) is 76.7 cm³/mol. The molecule has 106 valence electrons. The molecule has 0 aromatic carbocycles. The molecule has 0 aromatic heterocycles. The minimum absolute atomic E-state index is 0.295. The standard InChI is InChI=1S/C16H31NO/c1-2-3-4-5-8-12-17-13-11-16(18)10-7-6-9-15(16)14-17/h15,18H,2-14H2,1H3. The van der Waals surface area contributed by atoms with E-state index in [0.717, 1.165) is 25.9 Å². The van der Waals surface area contributed by atoms with E-state index in [9.17, 15) is 5.11 Å². The van der Waals surface area contributed by atoms with E-state index in [4.69, 9.17) is 0 Å². The zero-order chi connectivity index (χ0) is 12.8. The summed E-state index contributed by atoms with van der Waals surface area (Å²) in [5, 5.41) is 10.6. The van der Waals surface area contributed by atoms with Crippen LogP contribution in [0.2, 0.25) is 0 Å². The molecule has 2 rings (SSSR count). The van der Waals surface area contributed by atoms with Gasteiger partial charge in [0.25, 0.3) is 0 Å². The maximum Gasteiger partial charge on any atom is 0.0700 e. The van der Waals surface area contributed by atoms with Crippen LogP contribution in [0.25, 0.3) is 0 Å². The average molecular weight is 253 g/mol. The molecule has 0 bridgehead atoms. The number of fused-ring (bicyclic) bond motifs is 1. The molecular formula is C16H31NO. The van der Waals surface area contributed by atoms with Crippen molar-refractivity contribution >= 4 is 0 Å². The Labute approximate surface area is 113 Å². The van der Waals surface area contributed by atoms with E-state index in [1.165, 1.54) is 57.9 Å². The van der Waals surface area contributed by atoms with Crippen LogP contribution in [0.3, 0.4) is 0 Å². The first-order valence-electron chi connectivity index (χ1n) is 8.19. The summed E-state index contributed by atoms with van der Waals surface area (Å²) in [5.41, 5.74) is -0.295. The highest BCUT2D eigenvalue weighted by Gasteiger charge is 2.42. The lowest BCUT2D eigenvalue weighted by molar-refractivity contribution is -0.0953. The Balaban J connectivity index is 1.67. The second-order valence-electron chi connectivity index (χ2n) is 6.51. The zero-order valence-corrected chi connectivity index (χ0v) is 12.2. The van der Waals surface area contributed by atoms with Crippen molar-refractivity contribution in [2.45, 2.75) is 76.7 Å². The molecule has 2 nitrogen and oxygen atoms in total. The number of piperidine rings is 1. The van der Waals surface area contributed by atoms with Crippen molar-refractivity contribution in [3.63, 3.8) is 0 Å². The van der Waals surface area contributed by atoms with E-state index < -0.39 is 0 Å². The summed E-state index contributed by atoms with van der Waals surface area (Å²) in [6, 6.07) is 0. The molecule has 1 heterocycles. The smallest absolute Gasteiger partial charge is 0.0700 e. The maximum absolute atomic E-state index is 10.6. The van der Waals surface area contributed by atoms with Gasteiger partial charge in [0, 0.05) is 19.0 Å². The van der Waals surface area contributed by atoms with Gasteiger partial charge in [0.1, 0.15) is 0 Å². The molecule has 2 unspecified atom stereocenters. The molecule has 1 saturated heterocycles. The van der Waals surface area contributed by atoms with Gasteiger partial charge < -0.3 is 10.0 Å². The number of hydrogen-bond donors (Lipinski definition) is 1. The van der Waals surface area contributed by atoms with Gasteiger partial charge >= 0.3 is 0 Å². The quantitative estimate of drug-likeness (QED) is 0.731. The van der Waals surface area contributed by atoms with Crippen molar-refractivity contribution in [2.24, 2.45) is 5.92 Å². The molecular weight excluding hydrogens is 222 g/mol. The normalized spacial score (nSPS) is 33.3. The van der Waals surface area contributed by atoms with E-state index in [-0.39, 0.29) is 5.60 Å². The number of nitrogens with zero attached hydrogens (tertiary/aromatic N) is 1. The highest BCUT2D eigenvalue weighted by Crippen LogP contribution is 2.39. The van der Waals surface area contributed by atoms with Gasteiger partial charge in [0.15, 0.2) is 0 Å². The topological polar surface area (TPSA) is 23.5 Å². The molecule has 0 spiro atoms. The summed E-state index contributed by atoms with van der Waals surface area (Å²) in [6.45, 7) is 5.82. The Morgan fingerprint density at radius 3 is 2.78 bits per heavy atom. The highest BCUT2D eigenvalue weighted by molar-refractivity contribution is 4.95. The molecule has 1 saturated carbocycles. The van der Waals surface area contributed by atoms with Crippen LogP contribution in [0, 0.1) is 5.92 Å². The lowest BCUT2D eigenvalue weighted by Gasteiger charge is -2.47. The van der Waals surface area contributed by atoms with Crippen molar-refractivity contribution in [2.75, 3.05) is 19.6 Å². The maximum atomic E-state index is 10.6. The van der Waals surface area contributed by atoms with Crippen LogP contribution in [0.5, 0.6) is 0 Å². The number of aliphatic hydroxyl groups is 1. The van der Waals surface area contributed by atoms with Crippen LogP contribution >= 0.6 is 0 Å². The third-order valence-corrected chi connectivity index (χ3v) is 5.09. The second kappa shape index (κ2) is 6.91. The highest BCUT2D eigenvalue weighted by atomic mass is 16.3. The fourth-order valence-electron chi connectivity index (χ4n) is 3.78. The van der Waals surface area contributed by atoms with Crippen molar-refractivity contribution in [1.82, 2.24) is 4.90 Å². The Hall–Kier alpha value is -0.0800. The van der Waals surface area contributed by atoms with Gasteiger partial charge in [-0.1, -0.05) is 45.4 Å². The minimum Gasteiger partial charge on any atom is -0.390 e. The average Bonchev–Trinajstić information content (AvgIpc) is 2.38. The number of hydrogen-bond acceptors (Lipinski definition) is 2. The van der Waals surface area contributed by atoms with Crippen LogP contribution in [0.15, 0.2) is 0 Å². The number of unbranched alkanes of at least 4 members (excludes halogenated alkanes) is 4. The lowest BCUT2D eigenvalue weighted by Crippen LogP contribution is -2.53. The van der Waals surface area contributed by atoms with Crippen LogP contribution in [-0.4, -0.2) is 35.2 Å². The first-order valence-corrected chi connectivity index (χ1v) is 8.19. The van der Waals surface area contributed by atoms with Crippen molar-refractivity contribution in [3.8, 4) is 0 Å². The molecule has 2 fully saturated rings. The van der Waals surface area contributed by atoms with Crippen molar-refractivity contribution in [3.05, 3.63) is 0 Å². The largest absolute Gasteiger partial charge is 0.390 e. The van der Waals surface area contributed by atoms with Crippen LogP contribution in [0.1, 0.15) is 71.1 Å². The van der Waals surface area contributed by atoms with Gasteiger partial charge in [-0.25, -0.2) is 0 Å². The summed E-state index contributed by atoms with van der Waals surface area (Å²) >= 11 is 0. The van der Waals surface area contributed by atoms with Crippen molar-refractivity contribution in [1.29, 1.82) is 0 Å². The Morgan fingerprint density at radius 2 is 1.94 bits per heavy atom. The Morgan fingerprint density at radius 1 is 1.11 bits per heavy atom. The number of likely N-dealkylation sites (tertiary alicyclic amines) is 1. The molecule has 2 aliphatic rings. The molecule has 1 aliphatic carbocycles. The van der Waals surface area contributed by atoms with E-state index in [2.05, 4.69) is 11.8 Å². The fourth-order valence-corrected chi connectivity index (χ4v) is 3.78. The monoisotopic (exact) mass is 253 g/mol. The van der Waals surface area contributed by atoms with Gasteiger partial charge in [-0.15, -0.1) is 0 Å². The van der Waals surface area contributed by atoms with Gasteiger partial charge in [-0.05, 0) is 32.2 Å². The molecule has 1 aliphatic heterocycles. The van der Waals surface area contributed by atoms with Gasteiger partial charge in [0.05, 0.1) is 5.60 Å². The van der Waals surface area contributed by atoms with Crippen molar-refractivity contribution < 1.29 is 5.11 Å². The first-order chi connectivity index (χ1) is 8.74. The van der Waals surface area contributed by atoms with E-state index in [1.54, 1.807) is 0 Å². The summed E-state index contributed by atoms with van der Waals surface area (Å²) in [6.07, 6.45) is 12.8. The molecule has 2 heteroatoms. The van der Waals surface area contributed by atoms with Gasteiger partial charge in [-0.3, -0.25) is 0 Å². The Kier molecular flexibility index (Phi) is 5.50. The second-order valence-corrected chi connectivity index (χ2v) is 6.51. The molecule has 0 amide bonds. The van der Waals surface area contributed by atoms with Crippen LogP contribution < -0.4 is 0 Å². The SMILES string of the molecule is CCCCCCCN1CCC2(O)CCCCC2C1. The van der Waals surface area contributed by atoms with Crippen LogP contribution in [-0.2, 0) is 0 Å². The van der Waals surface area contributed by atoms with Crippen LogP contribution in [0.4, 0.5) is 0 Å².